The number of hydrogen-bond acceptors (Lipinski definition) is 3. The highest BCUT2D eigenvalue weighted by Gasteiger charge is 2.41. The van der Waals surface area contributed by atoms with Crippen LogP contribution in [0.1, 0.15) is 38.5 Å². The molecule has 0 spiro atoms. The molecule has 1 amide bonds. The predicted octanol–water partition coefficient (Wildman–Crippen LogP) is 0.963. The Morgan fingerprint density at radius 3 is 2.30 bits per heavy atom. The Morgan fingerprint density at radius 2 is 1.80 bits per heavy atom. The molecule has 2 saturated carbocycles. The summed E-state index contributed by atoms with van der Waals surface area (Å²) >= 11 is 0. The van der Waals surface area contributed by atoms with Gasteiger partial charge in [0.15, 0.2) is 0 Å². The number of sulfonamides is 1. The number of nitrogens with zero attached hydrogens (tertiary/aromatic N) is 1. The second-order valence-electron chi connectivity index (χ2n) is 6.73. The third kappa shape index (κ3) is 2.86. The lowest BCUT2D eigenvalue weighted by molar-refractivity contribution is -0.127. The summed E-state index contributed by atoms with van der Waals surface area (Å²) in [7, 11) is -3.10. The first-order chi connectivity index (χ1) is 9.43. The molecule has 1 aliphatic heterocycles. The van der Waals surface area contributed by atoms with Gasteiger partial charge in [-0.05, 0) is 43.9 Å². The maximum absolute atomic E-state index is 12.3. The van der Waals surface area contributed by atoms with E-state index in [2.05, 4.69) is 5.32 Å². The Morgan fingerprint density at radius 1 is 1.10 bits per heavy atom. The van der Waals surface area contributed by atoms with Gasteiger partial charge >= 0.3 is 0 Å². The number of carbonyl (C=O) groups is 1. The summed E-state index contributed by atoms with van der Waals surface area (Å²) in [5.41, 5.74) is 0. The molecule has 2 bridgehead atoms. The number of amides is 1. The van der Waals surface area contributed by atoms with Crippen molar-refractivity contribution in [2.24, 2.45) is 17.8 Å². The molecule has 1 N–H and O–H groups in total. The predicted molar refractivity (Wildman–Crippen MR) is 76.5 cm³/mol. The van der Waals surface area contributed by atoms with Gasteiger partial charge in [0.25, 0.3) is 0 Å². The van der Waals surface area contributed by atoms with E-state index in [9.17, 15) is 13.2 Å². The average Bonchev–Trinajstić information content (AvgIpc) is 3.00. The smallest absolute Gasteiger partial charge is 0.223 e. The van der Waals surface area contributed by atoms with E-state index in [1.54, 1.807) is 0 Å². The first-order valence-electron chi connectivity index (χ1n) is 7.69. The molecular weight excluding hydrogens is 276 g/mol. The highest BCUT2D eigenvalue weighted by atomic mass is 32.2. The maximum atomic E-state index is 12.3. The van der Waals surface area contributed by atoms with Crippen molar-refractivity contribution in [1.29, 1.82) is 0 Å². The lowest BCUT2D eigenvalue weighted by Gasteiger charge is -2.31. The maximum Gasteiger partial charge on any atom is 0.223 e. The van der Waals surface area contributed by atoms with Crippen molar-refractivity contribution in [3.63, 3.8) is 0 Å². The van der Waals surface area contributed by atoms with Crippen LogP contribution in [0.15, 0.2) is 0 Å². The molecule has 5 nitrogen and oxygen atoms in total. The zero-order valence-electron chi connectivity index (χ0n) is 12.0. The summed E-state index contributed by atoms with van der Waals surface area (Å²) in [6, 6.07) is 0.384. The van der Waals surface area contributed by atoms with Gasteiger partial charge in [-0.1, -0.05) is 6.42 Å². The second kappa shape index (κ2) is 5.30. The molecule has 1 saturated heterocycles. The third-order valence-corrected chi connectivity index (χ3v) is 6.66. The Kier molecular flexibility index (Phi) is 3.79. The quantitative estimate of drug-likeness (QED) is 0.844. The molecular formula is C14H24N2O3S. The minimum atomic E-state index is -3.10. The first kappa shape index (κ1) is 14.3. The van der Waals surface area contributed by atoms with Gasteiger partial charge in [-0.25, -0.2) is 12.7 Å². The van der Waals surface area contributed by atoms with Gasteiger partial charge in [-0.2, -0.15) is 0 Å². The molecule has 0 unspecified atom stereocenters. The van der Waals surface area contributed by atoms with Crippen molar-refractivity contribution in [2.75, 3.05) is 19.3 Å². The van der Waals surface area contributed by atoms with Crippen LogP contribution < -0.4 is 5.32 Å². The minimum Gasteiger partial charge on any atom is -0.353 e. The fraction of sp³-hybridized carbons (Fsp3) is 0.929. The van der Waals surface area contributed by atoms with Crippen molar-refractivity contribution >= 4 is 15.9 Å². The summed E-state index contributed by atoms with van der Waals surface area (Å²) in [6.07, 6.45) is 7.59. The van der Waals surface area contributed by atoms with Crippen LogP contribution in [0.3, 0.4) is 0 Å². The Labute approximate surface area is 121 Å². The van der Waals surface area contributed by atoms with Gasteiger partial charge in [0.05, 0.1) is 6.26 Å². The van der Waals surface area contributed by atoms with Crippen LogP contribution in [0.25, 0.3) is 0 Å². The van der Waals surface area contributed by atoms with Crippen molar-refractivity contribution in [1.82, 2.24) is 9.62 Å². The summed E-state index contributed by atoms with van der Waals surface area (Å²) in [6.45, 7) is 0.960. The van der Waals surface area contributed by atoms with Crippen molar-refractivity contribution in [2.45, 2.75) is 44.6 Å². The molecule has 6 heteroatoms. The Balaban J connectivity index is 1.50. The Hall–Kier alpha value is -0.620. The van der Waals surface area contributed by atoms with E-state index in [0.29, 0.717) is 37.9 Å². The fourth-order valence-corrected chi connectivity index (χ4v) is 5.05. The molecule has 0 radical (unpaired) electrons. The van der Waals surface area contributed by atoms with Gasteiger partial charge in [0, 0.05) is 25.0 Å². The van der Waals surface area contributed by atoms with E-state index in [1.807, 2.05) is 0 Å². The van der Waals surface area contributed by atoms with Crippen molar-refractivity contribution < 1.29 is 13.2 Å². The standard InChI is InChI=1S/C14H24N2O3S/c1-20(18,19)16-6-4-11(5-7-16)14(17)15-13-9-10-2-3-12(13)8-10/h10-13H,2-9H2,1H3,(H,15,17)/t10-,12+,13+/m0/s1. The van der Waals surface area contributed by atoms with E-state index in [0.717, 1.165) is 12.3 Å². The van der Waals surface area contributed by atoms with E-state index in [-0.39, 0.29) is 11.8 Å². The van der Waals surface area contributed by atoms with Gasteiger partial charge in [-0.3, -0.25) is 4.79 Å². The molecule has 3 fully saturated rings. The van der Waals surface area contributed by atoms with Gasteiger partial charge in [-0.15, -0.1) is 0 Å². The molecule has 3 rings (SSSR count). The topological polar surface area (TPSA) is 66.5 Å². The third-order valence-electron chi connectivity index (χ3n) is 5.36. The van der Waals surface area contributed by atoms with Gasteiger partial charge < -0.3 is 5.32 Å². The second-order valence-corrected chi connectivity index (χ2v) is 8.71. The minimum absolute atomic E-state index is 0.00729. The summed E-state index contributed by atoms with van der Waals surface area (Å²) in [5.74, 6) is 1.67. The summed E-state index contributed by atoms with van der Waals surface area (Å²) in [4.78, 5) is 12.3. The molecule has 0 aromatic carbocycles. The van der Waals surface area contributed by atoms with Crippen LogP contribution in [0.2, 0.25) is 0 Å². The number of fused-ring (bicyclic) bond motifs is 2. The fourth-order valence-electron chi connectivity index (χ4n) is 4.17. The monoisotopic (exact) mass is 300 g/mol. The number of piperidine rings is 1. The molecule has 114 valence electrons. The first-order valence-corrected chi connectivity index (χ1v) is 9.54. The number of rotatable bonds is 3. The molecule has 20 heavy (non-hydrogen) atoms. The molecule has 1 heterocycles. The van der Waals surface area contributed by atoms with Gasteiger partial charge in [0.1, 0.15) is 0 Å². The van der Waals surface area contributed by atoms with Crippen LogP contribution >= 0.6 is 0 Å². The Bertz CT molecular complexity index is 483. The van der Waals surface area contributed by atoms with E-state index < -0.39 is 10.0 Å². The normalized spacial score (nSPS) is 35.4. The molecule has 2 aliphatic carbocycles. The van der Waals surface area contributed by atoms with E-state index in [1.165, 1.54) is 29.8 Å². The SMILES string of the molecule is CS(=O)(=O)N1CCC(C(=O)N[C@@H]2C[C@H]3CC[C@@H]2C3)CC1. The largest absolute Gasteiger partial charge is 0.353 e. The summed E-state index contributed by atoms with van der Waals surface area (Å²) in [5, 5.41) is 3.23. The van der Waals surface area contributed by atoms with E-state index >= 15 is 0 Å². The lowest BCUT2D eigenvalue weighted by atomic mass is 9.93. The number of hydrogen-bond donors (Lipinski definition) is 1. The highest BCUT2D eigenvalue weighted by molar-refractivity contribution is 7.88. The molecule has 0 aromatic heterocycles. The van der Waals surface area contributed by atoms with Gasteiger partial charge in [0.2, 0.25) is 15.9 Å². The summed E-state index contributed by atoms with van der Waals surface area (Å²) < 4.78 is 24.4. The van der Waals surface area contributed by atoms with Crippen molar-refractivity contribution in [3.05, 3.63) is 0 Å². The molecule has 0 aromatic rings. The molecule has 3 atom stereocenters. The zero-order valence-corrected chi connectivity index (χ0v) is 12.9. The zero-order chi connectivity index (χ0) is 14.3. The van der Waals surface area contributed by atoms with Crippen LogP contribution in [-0.4, -0.2) is 44.0 Å². The number of carbonyl (C=O) groups excluding carboxylic acids is 1. The van der Waals surface area contributed by atoms with Crippen LogP contribution in [0.4, 0.5) is 0 Å². The lowest BCUT2D eigenvalue weighted by Crippen LogP contribution is -2.46. The van der Waals surface area contributed by atoms with Crippen molar-refractivity contribution in [3.8, 4) is 0 Å². The highest BCUT2D eigenvalue weighted by Crippen LogP contribution is 2.44. The van der Waals surface area contributed by atoms with E-state index in [4.69, 9.17) is 0 Å². The molecule has 3 aliphatic rings. The average molecular weight is 300 g/mol. The number of nitrogens with one attached hydrogen (secondary N) is 1. The van der Waals surface area contributed by atoms with Crippen LogP contribution in [-0.2, 0) is 14.8 Å². The van der Waals surface area contributed by atoms with Crippen LogP contribution in [0, 0.1) is 17.8 Å². The van der Waals surface area contributed by atoms with Crippen LogP contribution in [0.5, 0.6) is 0 Å².